The summed E-state index contributed by atoms with van der Waals surface area (Å²) in [5, 5.41) is 0.718. The fraction of sp³-hybridized carbons (Fsp3) is 0.235. The third-order valence-corrected chi connectivity index (χ3v) is 5.96. The summed E-state index contributed by atoms with van der Waals surface area (Å²) in [6, 6.07) is 9.15. The molecule has 21 heavy (non-hydrogen) atoms. The van der Waals surface area contributed by atoms with Crippen molar-refractivity contribution in [3.05, 3.63) is 68.3 Å². The van der Waals surface area contributed by atoms with Gasteiger partial charge in [0.25, 0.3) is 0 Å². The highest BCUT2D eigenvalue weighted by atomic mass is 31.2. The van der Waals surface area contributed by atoms with Gasteiger partial charge in [-0.05, 0) is 0 Å². The molecule has 0 fully saturated rings. The lowest BCUT2D eigenvalue weighted by molar-refractivity contribution is -0.127. The lowest BCUT2D eigenvalue weighted by atomic mass is 10.4. The second-order valence-electron chi connectivity index (χ2n) is 4.73. The minimum atomic E-state index is -2.81. The fourth-order valence-corrected chi connectivity index (χ4v) is 4.37. The summed E-state index contributed by atoms with van der Waals surface area (Å²) >= 11 is 0. The van der Waals surface area contributed by atoms with Gasteiger partial charge < -0.3 is 9.46 Å². The SMILES string of the molecule is C=CCN(CC=C)C(=O)CP(=O)(CC=C)c1ccccc1. The van der Waals surface area contributed by atoms with E-state index in [9.17, 15) is 9.36 Å². The van der Waals surface area contributed by atoms with Crippen molar-refractivity contribution in [3.63, 3.8) is 0 Å². The summed E-state index contributed by atoms with van der Waals surface area (Å²) in [4.78, 5) is 14.0. The first kappa shape index (κ1) is 17.2. The van der Waals surface area contributed by atoms with Crippen molar-refractivity contribution in [2.45, 2.75) is 0 Å². The van der Waals surface area contributed by atoms with Crippen LogP contribution < -0.4 is 5.30 Å². The molecule has 1 aromatic carbocycles. The fourth-order valence-electron chi connectivity index (χ4n) is 2.08. The van der Waals surface area contributed by atoms with Crippen LogP contribution in [0.3, 0.4) is 0 Å². The molecule has 0 bridgehead atoms. The van der Waals surface area contributed by atoms with Crippen LogP contribution in [0.1, 0.15) is 0 Å². The maximum atomic E-state index is 13.2. The van der Waals surface area contributed by atoms with Gasteiger partial charge in [-0.25, -0.2) is 0 Å². The summed E-state index contributed by atoms with van der Waals surface area (Å²) in [6.07, 6.45) is 5.25. The molecular formula is C17H22NO2P. The van der Waals surface area contributed by atoms with Crippen LogP contribution in [0.25, 0.3) is 0 Å². The topological polar surface area (TPSA) is 37.4 Å². The first-order valence-electron chi connectivity index (χ1n) is 6.81. The molecule has 1 rings (SSSR count). The number of benzene rings is 1. The van der Waals surface area contributed by atoms with E-state index in [-0.39, 0.29) is 12.1 Å². The molecule has 0 saturated carbocycles. The van der Waals surface area contributed by atoms with Crippen molar-refractivity contribution in [2.24, 2.45) is 0 Å². The van der Waals surface area contributed by atoms with Crippen LogP contribution in [0.4, 0.5) is 0 Å². The van der Waals surface area contributed by atoms with Gasteiger partial charge in [-0.15, -0.1) is 19.7 Å². The molecule has 1 atom stereocenters. The van der Waals surface area contributed by atoms with Crippen LogP contribution in [0, 0.1) is 0 Å². The summed E-state index contributed by atoms with van der Waals surface area (Å²) < 4.78 is 13.2. The zero-order valence-electron chi connectivity index (χ0n) is 12.3. The van der Waals surface area contributed by atoms with Crippen molar-refractivity contribution in [3.8, 4) is 0 Å². The van der Waals surface area contributed by atoms with E-state index in [2.05, 4.69) is 19.7 Å². The average molecular weight is 303 g/mol. The van der Waals surface area contributed by atoms with Gasteiger partial charge in [0.05, 0.1) is 6.16 Å². The van der Waals surface area contributed by atoms with Gasteiger partial charge in [-0.3, -0.25) is 4.79 Å². The average Bonchev–Trinajstić information content (AvgIpc) is 2.48. The quantitative estimate of drug-likeness (QED) is 0.519. The highest BCUT2D eigenvalue weighted by Crippen LogP contribution is 2.44. The number of hydrogen-bond acceptors (Lipinski definition) is 2. The first-order valence-corrected chi connectivity index (χ1v) is 8.89. The first-order chi connectivity index (χ1) is 10.1. The van der Waals surface area contributed by atoms with Crippen LogP contribution in [0.15, 0.2) is 68.3 Å². The molecule has 112 valence electrons. The predicted octanol–water partition coefficient (Wildman–Crippen LogP) is 3.06. The maximum Gasteiger partial charge on any atom is 0.230 e. The molecule has 1 aromatic rings. The Morgan fingerprint density at radius 1 is 1.05 bits per heavy atom. The van der Waals surface area contributed by atoms with E-state index >= 15 is 0 Å². The van der Waals surface area contributed by atoms with E-state index in [1.54, 1.807) is 23.1 Å². The standard InChI is InChI=1S/C17H22NO2P/c1-4-12-18(13-5-2)17(19)15-21(20,14-6-3)16-10-8-7-9-11-16/h4-11H,1-3,12-15H2. The van der Waals surface area contributed by atoms with E-state index in [0.717, 1.165) is 5.30 Å². The number of allylic oxidation sites excluding steroid dienone is 1. The molecule has 0 aliphatic heterocycles. The Morgan fingerprint density at radius 2 is 1.62 bits per heavy atom. The monoisotopic (exact) mass is 303 g/mol. The third kappa shape index (κ3) is 4.87. The summed E-state index contributed by atoms with van der Waals surface area (Å²) in [5.41, 5.74) is 0. The van der Waals surface area contributed by atoms with Crippen molar-refractivity contribution in [1.82, 2.24) is 4.90 Å². The van der Waals surface area contributed by atoms with Crippen LogP contribution in [-0.4, -0.2) is 36.2 Å². The van der Waals surface area contributed by atoms with Crippen molar-refractivity contribution < 1.29 is 9.36 Å². The Hall–Kier alpha value is -1.86. The van der Waals surface area contributed by atoms with Crippen molar-refractivity contribution in [1.29, 1.82) is 0 Å². The van der Waals surface area contributed by atoms with Crippen molar-refractivity contribution in [2.75, 3.05) is 25.4 Å². The third-order valence-electron chi connectivity index (χ3n) is 3.09. The number of nitrogens with zero attached hydrogens (tertiary/aromatic N) is 1. The minimum absolute atomic E-state index is 0.00468. The molecule has 0 aromatic heterocycles. The van der Waals surface area contributed by atoms with Crippen LogP contribution >= 0.6 is 7.14 Å². The van der Waals surface area contributed by atoms with E-state index in [1.807, 2.05) is 30.3 Å². The normalized spacial score (nSPS) is 13.0. The molecule has 0 radical (unpaired) electrons. The summed E-state index contributed by atoms with van der Waals surface area (Å²) in [6.45, 7) is 11.8. The molecule has 1 unspecified atom stereocenters. The van der Waals surface area contributed by atoms with E-state index < -0.39 is 7.14 Å². The number of amides is 1. The summed E-state index contributed by atoms with van der Waals surface area (Å²) in [7, 11) is -2.81. The molecule has 0 spiro atoms. The summed E-state index contributed by atoms with van der Waals surface area (Å²) in [5.74, 6) is -0.149. The molecule has 0 aliphatic rings. The Bertz CT molecular complexity index is 541. The van der Waals surface area contributed by atoms with Crippen LogP contribution in [0.5, 0.6) is 0 Å². The number of carbonyl (C=O) groups is 1. The molecule has 3 nitrogen and oxygen atoms in total. The van der Waals surface area contributed by atoms with Crippen LogP contribution in [0.2, 0.25) is 0 Å². The number of rotatable bonds is 9. The zero-order chi connectivity index (χ0) is 15.7. The predicted molar refractivity (Wildman–Crippen MR) is 90.6 cm³/mol. The number of hydrogen-bond donors (Lipinski definition) is 0. The van der Waals surface area contributed by atoms with Gasteiger partial charge in [0.15, 0.2) is 0 Å². The largest absolute Gasteiger partial charge is 0.335 e. The zero-order valence-corrected chi connectivity index (χ0v) is 13.2. The van der Waals surface area contributed by atoms with E-state index in [4.69, 9.17) is 0 Å². The van der Waals surface area contributed by atoms with Gasteiger partial charge in [0.2, 0.25) is 5.91 Å². The van der Waals surface area contributed by atoms with Gasteiger partial charge in [-0.2, -0.15) is 0 Å². The molecule has 0 N–H and O–H groups in total. The maximum absolute atomic E-state index is 13.2. The molecule has 1 amide bonds. The molecule has 0 saturated heterocycles. The van der Waals surface area contributed by atoms with Crippen molar-refractivity contribution >= 4 is 18.4 Å². The smallest absolute Gasteiger partial charge is 0.230 e. The van der Waals surface area contributed by atoms with E-state index in [0.29, 0.717) is 19.3 Å². The number of carbonyl (C=O) groups excluding carboxylic acids is 1. The lowest BCUT2D eigenvalue weighted by Gasteiger charge is -2.23. The Balaban J connectivity index is 2.99. The Morgan fingerprint density at radius 3 is 2.10 bits per heavy atom. The van der Waals surface area contributed by atoms with E-state index in [1.165, 1.54) is 0 Å². The minimum Gasteiger partial charge on any atom is -0.335 e. The molecular weight excluding hydrogens is 281 g/mol. The van der Waals surface area contributed by atoms with Gasteiger partial charge >= 0.3 is 0 Å². The highest BCUT2D eigenvalue weighted by Gasteiger charge is 2.28. The second-order valence-corrected chi connectivity index (χ2v) is 7.71. The Kier molecular flexibility index (Phi) is 6.90. The van der Waals surface area contributed by atoms with Gasteiger partial charge in [-0.1, -0.05) is 48.6 Å². The second kappa shape index (κ2) is 8.43. The highest BCUT2D eigenvalue weighted by molar-refractivity contribution is 7.72. The molecule has 4 heteroatoms. The molecule has 0 aliphatic carbocycles. The Labute approximate surface area is 127 Å². The molecule has 0 heterocycles. The van der Waals surface area contributed by atoms with Gasteiger partial charge in [0.1, 0.15) is 7.14 Å². The van der Waals surface area contributed by atoms with Gasteiger partial charge in [0, 0.05) is 24.6 Å². The lowest BCUT2D eigenvalue weighted by Crippen LogP contribution is -2.34. The van der Waals surface area contributed by atoms with Crippen LogP contribution in [-0.2, 0) is 9.36 Å².